The van der Waals surface area contributed by atoms with E-state index in [9.17, 15) is 28.1 Å². The zero-order chi connectivity index (χ0) is 20.0. The molecule has 1 aromatic carbocycles. The lowest BCUT2D eigenvalue weighted by molar-refractivity contribution is -0.387. The maximum absolute atomic E-state index is 12.1. The molecule has 0 radical (unpaired) electrons. The van der Waals surface area contributed by atoms with E-state index in [1.54, 1.807) is 0 Å². The number of hydrogen-bond donors (Lipinski definition) is 1. The van der Waals surface area contributed by atoms with Crippen LogP contribution >= 0.6 is 0 Å². The number of sulfone groups is 1. The van der Waals surface area contributed by atoms with Gasteiger partial charge in [-0.3, -0.25) is 14.9 Å². The minimum Gasteiger partial charge on any atom is -0.452 e. The first-order chi connectivity index (χ1) is 12.7. The van der Waals surface area contributed by atoms with Crippen LogP contribution in [0.25, 0.3) is 0 Å². The maximum atomic E-state index is 12.1. The summed E-state index contributed by atoms with van der Waals surface area (Å²) in [5, 5.41) is 13.9. The molecule has 0 unspecified atom stereocenters. The minimum absolute atomic E-state index is 0.0637. The molecule has 0 atom stereocenters. The van der Waals surface area contributed by atoms with Gasteiger partial charge in [-0.25, -0.2) is 13.2 Å². The van der Waals surface area contributed by atoms with E-state index in [0.29, 0.717) is 0 Å². The van der Waals surface area contributed by atoms with Crippen molar-refractivity contribution in [3.63, 3.8) is 0 Å². The number of nitrogens with one attached hydrogen (secondary N) is 1. The Morgan fingerprint density at radius 3 is 2.41 bits per heavy atom. The van der Waals surface area contributed by atoms with E-state index in [1.807, 2.05) is 0 Å². The Morgan fingerprint density at radius 2 is 1.85 bits per heavy atom. The second-order valence-corrected chi connectivity index (χ2v) is 8.53. The summed E-state index contributed by atoms with van der Waals surface area (Å²) in [4.78, 5) is 33.7. The summed E-state index contributed by atoms with van der Waals surface area (Å²) in [7, 11) is -3.82. The average molecular weight is 398 g/mol. The molecule has 9 nitrogen and oxygen atoms in total. The van der Waals surface area contributed by atoms with Gasteiger partial charge in [0.1, 0.15) is 4.90 Å². The van der Waals surface area contributed by atoms with Gasteiger partial charge in [0.05, 0.1) is 10.5 Å². The van der Waals surface area contributed by atoms with Crippen LogP contribution in [0.2, 0.25) is 0 Å². The third-order valence-electron chi connectivity index (χ3n) is 4.35. The van der Waals surface area contributed by atoms with Gasteiger partial charge in [0.15, 0.2) is 16.4 Å². The van der Waals surface area contributed by atoms with E-state index in [-0.39, 0.29) is 11.6 Å². The van der Waals surface area contributed by atoms with Crippen molar-refractivity contribution in [2.45, 2.75) is 49.5 Å². The third-order valence-corrected chi connectivity index (χ3v) is 5.49. The largest absolute Gasteiger partial charge is 0.452 e. The molecule has 0 heterocycles. The van der Waals surface area contributed by atoms with Crippen molar-refractivity contribution in [2.75, 3.05) is 12.9 Å². The van der Waals surface area contributed by atoms with Crippen LogP contribution in [0.3, 0.4) is 0 Å². The van der Waals surface area contributed by atoms with Gasteiger partial charge in [-0.2, -0.15) is 0 Å². The number of nitro benzene ring substituents is 1. The zero-order valence-corrected chi connectivity index (χ0v) is 15.8. The summed E-state index contributed by atoms with van der Waals surface area (Å²) in [6.45, 7) is -0.503. The van der Waals surface area contributed by atoms with E-state index in [0.717, 1.165) is 63.0 Å². The number of ether oxygens (including phenoxy) is 1. The van der Waals surface area contributed by atoms with Crippen LogP contribution < -0.4 is 5.32 Å². The fraction of sp³-hybridized carbons (Fsp3) is 0.529. The van der Waals surface area contributed by atoms with Crippen LogP contribution in [-0.4, -0.2) is 44.1 Å². The molecule has 0 spiro atoms. The van der Waals surface area contributed by atoms with Gasteiger partial charge in [0, 0.05) is 18.4 Å². The first-order valence-electron chi connectivity index (χ1n) is 8.63. The highest BCUT2D eigenvalue weighted by molar-refractivity contribution is 7.90. The van der Waals surface area contributed by atoms with Crippen LogP contribution in [0.5, 0.6) is 0 Å². The average Bonchev–Trinajstić information content (AvgIpc) is 2.87. The number of hydrogen-bond acceptors (Lipinski definition) is 7. The number of nitro groups is 1. The van der Waals surface area contributed by atoms with Crippen LogP contribution in [0.1, 0.15) is 48.9 Å². The number of nitrogens with zero attached hydrogens (tertiary/aromatic N) is 1. The van der Waals surface area contributed by atoms with Gasteiger partial charge in [-0.05, 0) is 25.0 Å². The van der Waals surface area contributed by atoms with Crippen molar-refractivity contribution in [3.8, 4) is 0 Å². The number of rotatable bonds is 6. The highest BCUT2D eigenvalue weighted by atomic mass is 32.2. The monoisotopic (exact) mass is 398 g/mol. The molecule has 0 aromatic heterocycles. The highest BCUT2D eigenvalue weighted by Gasteiger charge is 2.25. The molecule has 1 saturated carbocycles. The molecule has 2 rings (SSSR count). The fourth-order valence-corrected chi connectivity index (χ4v) is 3.84. The van der Waals surface area contributed by atoms with E-state index >= 15 is 0 Å². The Morgan fingerprint density at radius 1 is 1.22 bits per heavy atom. The van der Waals surface area contributed by atoms with E-state index in [2.05, 4.69) is 5.32 Å². The van der Waals surface area contributed by atoms with Crippen LogP contribution in [0.4, 0.5) is 5.69 Å². The number of benzene rings is 1. The van der Waals surface area contributed by atoms with E-state index in [1.165, 1.54) is 0 Å². The lowest BCUT2D eigenvalue weighted by Crippen LogP contribution is -2.37. The molecule has 1 aliphatic carbocycles. The van der Waals surface area contributed by atoms with Crippen molar-refractivity contribution in [2.24, 2.45) is 0 Å². The molecule has 1 aliphatic rings. The van der Waals surface area contributed by atoms with Crippen LogP contribution in [0.15, 0.2) is 23.1 Å². The van der Waals surface area contributed by atoms with Crippen molar-refractivity contribution < 1.29 is 27.7 Å². The van der Waals surface area contributed by atoms with Crippen molar-refractivity contribution in [1.82, 2.24) is 5.32 Å². The van der Waals surface area contributed by atoms with Gasteiger partial charge >= 0.3 is 5.97 Å². The standard InChI is InChI=1S/C17H22N2O7S/c1-27(24,25)15-9-8-12(10-14(15)19(22)23)17(21)26-11-16(20)18-13-6-4-2-3-5-7-13/h8-10,13H,2-7,11H2,1H3,(H,18,20). The fourth-order valence-electron chi connectivity index (χ4n) is 3.01. The first-order valence-corrected chi connectivity index (χ1v) is 10.5. The maximum Gasteiger partial charge on any atom is 0.338 e. The van der Waals surface area contributed by atoms with Gasteiger partial charge < -0.3 is 10.1 Å². The summed E-state index contributed by atoms with van der Waals surface area (Å²) >= 11 is 0. The normalized spacial score (nSPS) is 15.6. The van der Waals surface area contributed by atoms with Gasteiger partial charge in [-0.15, -0.1) is 0 Å². The van der Waals surface area contributed by atoms with Gasteiger partial charge in [-0.1, -0.05) is 25.7 Å². The Hall–Kier alpha value is -2.49. The number of amides is 1. The molecule has 1 amide bonds. The number of carbonyl (C=O) groups excluding carboxylic acids is 2. The molecule has 10 heteroatoms. The molecular formula is C17H22N2O7S. The summed E-state index contributed by atoms with van der Waals surface area (Å²) < 4.78 is 28.1. The van der Waals surface area contributed by atoms with E-state index < -0.39 is 43.8 Å². The summed E-state index contributed by atoms with van der Waals surface area (Å²) in [6, 6.07) is 3.00. The van der Waals surface area contributed by atoms with Crippen LogP contribution in [0, 0.1) is 10.1 Å². The second-order valence-electron chi connectivity index (χ2n) is 6.54. The highest BCUT2D eigenvalue weighted by Crippen LogP contribution is 2.25. The molecule has 27 heavy (non-hydrogen) atoms. The predicted octanol–water partition coefficient (Wildman–Crippen LogP) is 1.99. The Balaban J connectivity index is 2.00. The SMILES string of the molecule is CS(=O)(=O)c1ccc(C(=O)OCC(=O)NC2CCCCCC2)cc1[N+](=O)[O-]. The summed E-state index contributed by atoms with van der Waals surface area (Å²) in [5.41, 5.74) is -0.911. The molecule has 0 aliphatic heterocycles. The predicted molar refractivity (Wildman–Crippen MR) is 96.1 cm³/mol. The Labute approximate surface area is 157 Å². The van der Waals surface area contributed by atoms with Crippen molar-refractivity contribution >= 4 is 27.4 Å². The topological polar surface area (TPSA) is 133 Å². The summed E-state index contributed by atoms with van der Waals surface area (Å²) in [6.07, 6.45) is 6.98. The molecule has 1 fully saturated rings. The smallest absolute Gasteiger partial charge is 0.338 e. The zero-order valence-electron chi connectivity index (χ0n) is 15.0. The Kier molecular flexibility index (Phi) is 6.89. The second kappa shape index (κ2) is 8.94. The molecule has 1 aromatic rings. The number of carbonyl (C=O) groups is 2. The minimum atomic E-state index is -3.82. The third kappa shape index (κ3) is 6.02. The van der Waals surface area contributed by atoms with Gasteiger partial charge in [0.25, 0.3) is 11.6 Å². The van der Waals surface area contributed by atoms with E-state index in [4.69, 9.17) is 4.74 Å². The molecule has 0 bridgehead atoms. The lowest BCUT2D eigenvalue weighted by Gasteiger charge is -2.16. The molecule has 0 saturated heterocycles. The molecule has 1 N–H and O–H groups in total. The van der Waals surface area contributed by atoms with Crippen molar-refractivity contribution in [3.05, 3.63) is 33.9 Å². The van der Waals surface area contributed by atoms with Crippen molar-refractivity contribution in [1.29, 1.82) is 0 Å². The molecule has 148 valence electrons. The quantitative estimate of drug-likeness (QED) is 0.335. The first kappa shape index (κ1) is 20.8. The number of esters is 1. The lowest BCUT2D eigenvalue weighted by atomic mass is 10.1. The summed E-state index contributed by atoms with van der Waals surface area (Å²) in [5.74, 6) is -1.37. The van der Waals surface area contributed by atoms with Crippen LogP contribution in [-0.2, 0) is 19.4 Å². The molecular weight excluding hydrogens is 376 g/mol. The Bertz CT molecular complexity index is 828. The van der Waals surface area contributed by atoms with Gasteiger partial charge in [0.2, 0.25) is 0 Å².